The Morgan fingerprint density at radius 2 is 2.09 bits per heavy atom. The Bertz CT molecular complexity index is 846. The fraction of sp³-hybridized carbons (Fsp3) is 0.429. The van der Waals surface area contributed by atoms with E-state index in [2.05, 4.69) is 20.4 Å². The van der Waals surface area contributed by atoms with Crippen LogP contribution >= 0.6 is 11.3 Å². The highest BCUT2D eigenvalue weighted by Crippen LogP contribution is 2.32. The summed E-state index contributed by atoms with van der Waals surface area (Å²) in [5.41, 5.74) is -0.152. The molecular weight excluding hydrogens is 316 g/mol. The minimum absolute atomic E-state index is 0.0405. The van der Waals surface area contributed by atoms with Crippen molar-refractivity contribution in [1.82, 2.24) is 14.8 Å². The molecule has 0 atom stereocenters. The second-order valence-corrected chi connectivity index (χ2v) is 6.06. The molecular formula is C14H16N6O2S. The number of aryl methyl sites for hydroxylation is 1. The van der Waals surface area contributed by atoms with Gasteiger partial charge in [-0.1, -0.05) is 24.7 Å². The summed E-state index contributed by atoms with van der Waals surface area (Å²) in [5.74, 6) is -0.287. The first kappa shape index (κ1) is 16.8. The smallest absolute Gasteiger partial charge is 0.271 e. The van der Waals surface area contributed by atoms with E-state index in [9.17, 15) is 15.2 Å². The Kier molecular flexibility index (Phi) is 5.18. The van der Waals surface area contributed by atoms with E-state index in [0.29, 0.717) is 23.7 Å². The van der Waals surface area contributed by atoms with E-state index in [1.807, 2.05) is 13.0 Å². The lowest BCUT2D eigenvalue weighted by Crippen LogP contribution is -2.23. The molecule has 2 aromatic heterocycles. The number of unbranched alkanes of at least 4 members (excludes halogenated alkanes) is 1. The average molecular weight is 332 g/mol. The van der Waals surface area contributed by atoms with Crippen molar-refractivity contribution in [2.45, 2.75) is 40.2 Å². The minimum Gasteiger partial charge on any atom is -0.493 e. The Labute approximate surface area is 136 Å². The van der Waals surface area contributed by atoms with Gasteiger partial charge in [-0.15, -0.1) is 20.4 Å². The number of nitriles is 1. The van der Waals surface area contributed by atoms with E-state index < -0.39 is 5.56 Å². The summed E-state index contributed by atoms with van der Waals surface area (Å²) in [6, 6.07) is 1.88. The Hall–Kier alpha value is -2.60. The standard InChI is InChI=1S/C14H16N6O2S/c1-4-5-6-20-12(21)10(7-15)8(2)11(13(20)22)17-19-14-18-16-9(3)23-14/h22H,4-6H2,1-3H3. The van der Waals surface area contributed by atoms with Crippen LogP contribution in [-0.2, 0) is 6.54 Å². The van der Waals surface area contributed by atoms with Gasteiger partial charge >= 0.3 is 0 Å². The molecule has 0 unspecified atom stereocenters. The topological polar surface area (TPSA) is 117 Å². The highest BCUT2D eigenvalue weighted by Gasteiger charge is 2.19. The molecule has 9 heteroatoms. The molecule has 0 aliphatic carbocycles. The SMILES string of the molecule is CCCCn1c(O)c(N=Nc2nnc(C)s2)c(C)c(C#N)c1=O. The molecule has 120 valence electrons. The van der Waals surface area contributed by atoms with Crippen LogP contribution < -0.4 is 5.56 Å². The molecule has 1 N–H and O–H groups in total. The lowest BCUT2D eigenvalue weighted by atomic mass is 10.1. The fourth-order valence-corrected chi connectivity index (χ4v) is 2.51. The third kappa shape index (κ3) is 3.43. The summed E-state index contributed by atoms with van der Waals surface area (Å²) in [5, 5.41) is 36.2. The zero-order chi connectivity index (χ0) is 17.0. The van der Waals surface area contributed by atoms with E-state index in [1.165, 1.54) is 11.3 Å². The van der Waals surface area contributed by atoms with Gasteiger partial charge in [-0.25, -0.2) is 0 Å². The van der Waals surface area contributed by atoms with Crippen molar-refractivity contribution in [2.24, 2.45) is 10.2 Å². The second-order valence-electron chi connectivity index (χ2n) is 4.90. The first-order valence-electron chi connectivity index (χ1n) is 7.07. The van der Waals surface area contributed by atoms with Crippen LogP contribution in [0.2, 0.25) is 0 Å². The minimum atomic E-state index is -0.512. The maximum Gasteiger partial charge on any atom is 0.271 e. The van der Waals surface area contributed by atoms with E-state index in [4.69, 9.17) is 0 Å². The van der Waals surface area contributed by atoms with Gasteiger partial charge < -0.3 is 5.11 Å². The molecule has 0 radical (unpaired) electrons. The Balaban J connectivity index is 2.56. The summed E-state index contributed by atoms with van der Waals surface area (Å²) in [6.07, 6.45) is 1.55. The van der Waals surface area contributed by atoms with Gasteiger partial charge in [0.15, 0.2) is 5.69 Å². The van der Waals surface area contributed by atoms with Gasteiger partial charge in [0, 0.05) is 12.1 Å². The Morgan fingerprint density at radius 1 is 1.35 bits per heavy atom. The number of nitrogens with zero attached hydrogens (tertiary/aromatic N) is 6. The predicted molar refractivity (Wildman–Crippen MR) is 85.5 cm³/mol. The molecule has 0 saturated heterocycles. The van der Waals surface area contributed by atoms with Crippen LogP contribution in [0.3, 0.4) is 0 Å². The van der Waals surface area contributed by atoms with Gasteiger partial charge in [-0.2, -0.15) is 5.26 Å². The van der Waals surface area contributed by atoms with Crippen LogP contribution in [0.5, 0.6) is 5.88 Å². The lowest BCUT2D eigenvalue weighted by Gasteiger charge is -2.12. The van der Waals surface area contributed by atoms with E-state index in [-0.39, 0.29) is 17.1 Å². The fourth-order valence-electron chi connectivity index (χ4n) is 2.00. The first-order chi connectivity index (χ1) is 11.0. The molecule has 0 amide bonds. The van der Waals surface area contributed by atoms with Crippen molar-refractivity contribution in [1.29, 1.82) is 5.26 Å². The zero-order valence-electron chi connectivity index (χ0n) is 13.1. The number of hydrogen-bond acceptors (Lipinski definition) is 8. The van der Waals surface area contributed by atoms with Crippen molar-refractivity contribution >= 4 is 22.2 Å². The highest BCUT2D eigenvalue weighted by molar-refractivity contribution is 7.14. The molecule has 0 aliphatic heterocycles. The monoisotopic (exact) mass is 332 g/mol. The third-order valence-corrected chi connectivity index (χ3v) is 3.98. The summed E-state index contributed by atoms with van der Waals surface area (Å²) >= 11 is 1.25. The number of rotatable bonds is 5. The lowest BCUT2D eigenvalue weighted by molar-refractivity contribution is 0.402. The molecule has 0 spiro atoms. The number of aromatic nitrogens is 3. The molecule has 0 aromatic carbocycles. The average Bonchev–Trinajstić information content (AvgIpc) is 2.93. The van der Waals surface area contributed by atoms with Crippen molar-refractivity contribution < 1.29 is 5.11 Å². The Morgan fingerprint density at radius 3 is 2.65 bits per heavy atom. The summed E-state index contributed by atoms with van der Waals surface area (Å²) in [7, 11) is 0. The second kappa shape index (κ2) is 7.11. The van der Waals surface area contributed by atoms with Gasteiger partial charge in [-0.05, 0) is 20.3 Å². The molecule has 0 aliphatic rings. The quantitative estimate of drug-likeness (QED) is 0.844. The maximum absolute atomic E-state index is 12.3. The van der Waals surface area contributed by atoms with Crippen molar-refractivity contribution in [2.75, 3.05) is 0 Å². The largest absolute Gasteiger partial charge is 0.493 e. The van der Waals surface area contributed by atoms with E-state index >= 15 is 0 Å². The molecule has 23 heavy (non-hydrogen) atoms. The van der Waals surface area contributed by atoms with E-state index in [0.717, 1.165) is 16.0 Å². The van der Waals surface area contributed by atoms with Crippen LogP contribution in [0, 0.1) is 25.2 Å². The normalized spacial score (nSPS) is 11.0. The zero-order valence-corrected chi connectivity index (χ0v) is 13.9. The summed E-state index contributed by atoms with van der Waals surface area (Å²) in [4.78, 5) is 12.3. The number of hydrogen-bond donors (Lipinski definition) is 1. The van der Waals surface area contributed by atoms with Crippen LogP contribution in [0.4, 0.5) is 10.8 Å². The molecule has 0 saturated carbocycles. The van der Waals surface area contributed by atoms with Crippen LogP contribution in [-0.4, -0.2) is 19.9 Å². The van der Waals surface area contributed by atoms with Gasteiger partial charge in [-0.3, -0.25) is 9.36 Å². The number of pyridine rings is 1. The van der Waals surface area contributed by atoms with Crippen LogP contribution in [0.25, 0.3) is 0 Å². The number of azo groups is 1. The van der Waals surface area contributed by atoms with Gasteiger partial charge in [0.1, 0.15) is 16.6 Å². The first-order valence-corrected chi connectivity index (χ1v) is 7.89. The van der Waals surface area contributed by atoms with E-state index in [1.54, 1.807) is 13.8 Å². The molecule has 2 aromatic rings. The molecule has 0 fully saturated rings. The third-order valence-electron chi connectivity index (χ3n) is 3.25. The summed E-state index contributed by atoms with van der Waals surface area (Å²) < 4.78 is 1.16. The van der Waals surface area contributed by atoms with Gasteiger partial charge in [0.2, 0.25) is 5.88 Å². The summed E-state index contributed by atoms with van der Waals surface area (Å²) in [6.45, 7) is 5.64. The molecule has 8 nitrogen and oxygen atoms in total. The van der Waals surface area contributed by atoms with Crippen LogP contribution in [0.1, 0.15) is 35.9 Å². The van der Waals surface area contributed by atoms with Gasteiger partial charge in [0.05, 0.1) is 0 Å². The maximum atomic E-state index is 12.3. The number of aromatic hydroxyl groups is 1. The molecule has 2 heterocycles. The van der Waals surface area contributed by atoms with Crippen LogP contribution in [0.15, 0.2) is 15.0 Å². The predicted octanol–water partition coefficient (Wildman–Crippen LogP) is 3.11. The van der Waals surface area contributed by atoms with Crippen molar-refractivity contribution in [3.63, 3.8) is 0 Å². The molecule has 2 rings (SSSR count). The molecule has 0 bridgehead atoms. The van der Waals surface area contributed by atoms with Gasteiger partial charge in [0.25, 0.3) is 10.7 Å². The van der Waals surface area contributed by atoms with Crippen molar-refractivity contribution in [3.8, 4) is 11.9 Å². The highest BCUT2D eigenvalue weighted by atomic mass is 32.1. The van der Waals surface area contributed by atoms with Crippen molar-refractivity contribution in [3.05, 3.63) is 26.5 Å².